The summed E-state index contributed by atoms with van der Waals surface area (Å²) in [5.74, 6) is 6.16. The Kier molecular flexibility index (Phi) is 1.39. The zero-order valence-electron chi connectivity index (χ0n) is 6.38. The minimum atomic E-state index is 0.107. The molecule has 0 saturated carbocycles. The van der Waals surface area contributed by atoms with Gasteiger partial charge >= 0.3 is 0 Å². The number of hydrogen-bond donors (Lipinski definition) is 3. The van der Waals surface area contributed by atoms with E-state index in [0.717, 1.165) is 5.06 Å². The monoisotopic (exact) mass is 170 g/mol. The molecule has 0 aliphatic carbocycles. The van der Waals surface area contributed by atoms with E-state index in [1.165, 1.54) is 5.01 Å². The average Bonchev–Trinajstić information content (AvgIpc) is 2.29. The van der Waals surface area contributed by atoms with Gasteiger partial charge in [-0.25, -0.2) is 10.9 Å². The lowest BCUT2D eigenvalue weighted by atomic mass is 10.4. The second-order valence-corrected chi connectivity index (χ2v) is 2.79. The predicted octanol–water partition coefficient (Wildman–Crippen LogP) is -0.662. The molecule has 0 aromatic rings. The van der Waals surface area contributed by atoms with Gasteiger partial charge in [-0.15, -0.1) is 0 Å². The lowest BCUT2D eigenvalue weighted by Crippen LogP contribution is -2.36. The van der Waals surface area contributed by atoms with Gasteiger partial charge in [0.15, 0.2) is 5.82 Å². The Labute approximate surface area is 69.3 Å². The Morgan fingerprint density at radius 3 is 2.92 bits per heavy atom. The molecular weight excluding hydrogens is 160 g/mol. The van der Waals surface area contributed by atoms with E-state index >= 15 is 0 Å². The summed E-state index contributed by atoms with van der Waals surface area (Å²) in [6.45, 7) is 0.548. The maximum Gasteiger partial charge on any atom is 0.152 e. The molecule has 2 heterocycles. The minimum absolute atomic E-state index is 0.107. The number of hydrogen-bond acceptors (Lipinski definition) is 6. The van der Waals surface area contributed by atoms with Gasteiger partial charge in [0.05, 0.1) is 6.20 Å². The van der Waals surface area contributed by atoms with Crippen LogP contribution in [-0.2, 0) is 0 Å². The van der Waals surface area contributed by atoms with E-state index < -0.39 is 0 Å². The molecule has 2 aliphatic rings. The van der Waals surface area contributed by atoms with Crippen molar-refractivity contribution in [3.05, 3.63) is 24.0 Å². The smallest absolute Gasteiger partial charge is 0.152 e. The highest BCUT2D eigenvalue weighted by atomic mass is 16.5. The van der Waals surface area contributed by atoms with Crippen molar-refractivity contribution < 1.29 is 10.3 Å². The van der Waals surface area contributed by atoms with E-state index in [1.807, 2.05) is 0 Å². The average molecular weight is 170 g/mol. The molecule has 0 unspecified atom stereocenters. The number of aliphatic hydroxyl groups excluding tert-OH is 1. The van der Waals surface area contributed by atoms with Crippen LogP contribution in [0.1, 0.15) is 0 Å². The maximum atomic E-state index is 9.31. The van der Waals surface area contributed by atoms with Crippen LogP contribution in [0.4, 0.5) is 0 Å². The fourth-order valence-electron chi connectivity index (χ4n) is 1.29. The number of hydrazine groups is 1. The number of nitrogens with two attached hydrogens (primary N) is 1. The second-order valence-electron chi connectivity index (χ2n) is 2.79. The van der Waals surface area contributed by atoms with Crippen molar-refractivity contribution in [1.29, 1.82) is 0 Å². The van der Waals surface area contributed by atoms with Gasteiger partial charge in [-0.3, -0.25) is 10.2 Å². The molecule has 6 nitrogen and oxygen atoms in total. The van der Waals surface area contributed by atoms with E-state index in [2.05, 4.69) is 0 Å². The summed E-state index contributed by atoms with van der Waals surface area (Å²) in [4.78, 5) is 1.65. The second kappa shape index (κ2) is 2.29. The molecular formula is C6H10N4O2. The minimum Gasteiger partial charge on any atom is -0.509 e. The number of rotatable bonds is 0. The molecule has 0 atom stereocenters. The largest absolute Gasteiger partial charge is 0.509 e. The molecule has 66 valence electrons. The molecule has 6 heteroatoms. The van der Waals surface area contributed by atoms with Gasteiger partial charge in [-0.1, -0.05) is 0 Å². The van der Waals surface area contributed by atoms with Gasteiger partial charge in [-0.2, -0.15) is 0 Å². The van der Waals surface area contributed by atoms with Crippen molar-refractivity contribution >= 4 is 0 Å². The Morgan fingerprint density at radius 1 is 1.42 bits per heavy atom. The fraction of sp³-hybridized carbons (Fsp3) is 0.333. The van der Waals surface area contributed by atoms with Gasteiger partial charge in [0, 0.05) is 6.20 Å². The van der Waals surface area contributed by atoms with Crippen LogP contribution < -0.4 is 5.84 Å². The third-order valence-electron chi connectivity index (χ3n) is 1.77. The van der Waals surface area contributed by atoms with Crippen LogP contribution in [0.3, 0.4) is 0 Å². The van der Waals surface area contributed by atoms with Gasteiger partial charge in [0.25, 0.3) is 0 Å². The molecule has 2 aliphatic heterocycles. The van der Waals surface area contributed by atoms with E-state index in [1.54, 1.807) is 17.3 Å². The SMILES string of the molecule is NN1C=C2N(O)CC(O)=CN2C1. The predicted molar refractivity (Wildman–Crippen MR) is 40.0 cm³/mol. The third kappa shape index (κ3) is 0.973. The Balaban J connectivity index is 2.29. The number of hydroxylamine groups is 2. The van der Waals surface area contributed by atoms with Crippen molar-refractivity contribution in [1.82, 2.24) is 15.0 Å². The van der Waals surface area contributed by atoms with Crippen LogP contribution in [0.2, 0.25) is 0 Å². The van der Waals surface area contributed by atoms with E-state index in [4.69, 9.17) is 10.9 Å². The highest BCUT2D eigenvalue weighted by Crippen LogP contribution is 2.21. The summed E-state index contributed by atoms with van der Waals surface area (Å²) < 4.78 is 0. The summed E-state index contributed by atoms with van der Waals surface area (Å²) in [5, 5.41) is 20.8. The van der Waals surface area contributed by atoms with Crippen molar-refractivity contribution in [3.8, 4) is 0 Å². The van der Waals surface area contributed by atoms with Crippen LogP contribution in [0.25, 0.3) is 0 Å². The van der Waals surface area contributed by atoms with Gasteiger partial charge in [0.1, 0.15) is 19.0 Å². The molecule has 0 amide bonds. The van der Waals surface area contributed by atoms with Crippen molar-refractivity contribution in [2.45, 2.75) is 0 Å². The van der Waals surface area contributed by atoms with Gasteiger partial charge in [0.2, 0.25) is 0 Å². The standard InChI is InChI=1S/C6H10N4O2/c7-9-3-6-8(4-9)1-5(11)2-10(6)12/h1,3,11-12H,2,4,7H2. The molecule has 0 fully saturated rings. The Morgan fingerprint density at radius 2 is 2.17 bits per heavy atom. The van der Waals surface area contributed by atoms with Crippen LogP contribution in [-0.4, -0.2) is 38.5 Å². The first-order chi connectivity index (χ1) is 5.66. The van der Waals surface area contributed by atoms with Crippen molar-refractivity contribution in [2.24, 2.45) is 5.84 Å². The highest BCUT2D eigenvalue weighted by molar-refractivity contribution is 5.14. The van der Waals surface area contributed by atoms with Crippen molar-refractivity contribution in [3.63, 3.8) is 0 Å². The summed E-state index contributed by atoms with van der Waals surface area (Å²) in [5.41, 5.74) is 0. The number of nitrogens with zero attached hydrogens (tertiary/aromatic N) is 3. The highest BCUT2D eigenvalue weighted by Gasteiger charge is 2.26. The van der Waals surface area contributed by atoms with Crippen molar-refractivity contribution in [2.75, 3.05) is 13.2 Å². The summed E-state index contributed by atoms with van der Waals surface area (Å²) in [6.07, 6.45) is 3.15. The topological polar surface area (TPSA) is 76.2 Å². The third-order valence-corrected chi connectivity index (χ3v) is 1.77. The molecule has 12 heavy (non-hydrogen) atoms. The lowest BCUT2D eigenvalue weighted by Gasteiger charge is -2.28. The Hall–Kier alpha value is -1.40. The van der Waals surface area contributed by atoms with Crippen LogP contribution in [0, 0.1) is 0 Å². The quantitative estimate of drug-likeness (QED) is 0.419. The normalized spacial score (nSPS) is 22.3. The molecule has 0 aromatic carbocycles. The summed E-state index contributed by atoms with van der Waals surface area (Å²) in [7, 11) is 0. The molecule has 4 N–H and O–H groups in total. The van der Waals surface area contributed by atoms with Crippen LogP contribution in [0.15, 0.2) is 24.0 Å². The molecule has 0 spiro atoms. The van der Waals surface area contributed by atoms with Gasteiger partial charge < -0.3 is 10.0 Å². The van der Waals surface area contributed by atoms with E-state index in [-0.39, 0.29) is 12.3 Å². The molecule has 0 bridgehead atoms. The molecule has 0 aromatic heterocycles. The fourth-order valence-corrected chi connectivity index (χ4v) is 1.29. The number of fused-ring (bicyclic) bond motifs is 1. The summed E-state index contributed by atoms with van der Waals surface area (Å²) >= 11 is 0. The number of aliphatic hydroxyl groups is 1. The molecule has 0 radical (unpaired) electrons. The molecule has 2 rings (SSSR count). The first kappa shape index (κ1) is 7.26. The Bertz CT molecular complexity index is 262. The van der Waals surface area contributed by atoms with Crippen LogP contribution in [0.5, 0.6) is 0 Å². The first-order valence-electron chi connectivity index (χ1n) is 3.53. The lowest BCUT2D eigenvalue weighted by molar-refractivity contribution is -0.0799. The van der Waals surface area contributed by atoms with Crippen LogP contribution >= 0.6 is 0 Å². The van der Waals surface area contributed by atoms with Gasteiger partial charge in [-0.05, 0) is 0 Å². The zero-order chi connectivity index (χ0) is 8.72. The summed E-state index contributed by atoms with van der Waals surface area (Å²) in [6, 6.07) is 0. The maximum absolute atomic E-state index is 9.31. The molecule has 0 saturated heterocycles. The van der Waals surface area contributed by atoms with E-state index in [9.17, 15) is 5.21 Å². The zero-order valence-corrected chi connectivity index (χ0v) is 6.38. The van der Waals surface area contributed by atoms with E-state index in [0.29, 0.717) is 12.5 Å². The first-order valence-corrected chi connectivity index (χ1v) is 3.53.